The van der Waals surface area contributed by atoms with E-state index in [9.17, 15) is 9.90 Å². The standard InChI is InChI=1S/C33H35N3O5S/c37-32-14-12-25-11-13-27(23-30(25)36(32)24-40-33(38)41-26-7-2-1-3-8-26)39-21-5-4-16-34-17-19-35(20-18-34)29-9-6-10-31-28(29)15-22-42-31/h1-3,6-15,22-23,33,38H,4-5,16-21,24H2. The Morgan fingerprint density at radius 3 is 2.55 bits per heavy atom. The number of ether oxygens (including phenoxy) is 3. The fourth-order valence-electron chi connectivity index (χ4n) is 5.37. The van der Waals surface area contributed by atoms with Crippen molar-refractivity contribution in [2.24, 2.45) is 0 Å². The van der Waals surface area contributed by atoms with Crippen molar-refractivity contribution in [3.63, 3.8) is 0 Å². The quantitative estimate of drug-likeness (QED) is 0.153. The number of para-hydroxylation sites is 1. The Labute approximate surface area is 248 Å². The summed E-state index contributed by atoms with van der Waals surface area (Å²) in [6.45, 7) is 4.21. The topological polar surface area (TPSA) is 76.4 Å². The molecular weight excluding hydrogens is 550 g/mol. The Hall–Kier alpha value is -3.89. The first-order valence-electron chi connectivity index (χ1n) is 14.4. The molecule has 6 rings (SSSR count). The maximum absolute atomic E-state index is 12.6. The monoisotopic (exact) mass is 585 g/mol. The molecule has 218 valence electrons. The fraction of sp³-hybridized carbons (Fsp3) is 0.303. The molecule has 2 aromatic heterocycles. The smallest absolute Gasteiger partial charge is 0.315 e. The summed E-state index contributed by atoms with van der Waals surface area (Å²) in [5, 5.41) is 14.6. The first kappa shape index (κ1) is 28.2. The zero-order chi connectivity index (χ0) is 28.7. The lowest BCUT2D eigenvalue weighted by atomic mass is 10.2. The van der Waals surface area contributed by atoms with Crippen LogP contribution >= 0.6 is 11.3 Å². The molecule has 0 amide bonds. The maximum atomic E-state index is 12.6. The number of thiophene rings is 1. The second-order valence-corrected chi connectivity index (χ2v) is 11.3. The Morgan fingerprint density at radius 1 is 0.857 bits per heavy atom. The molecule has 3 heterocycles. The van der Waals surface area contributed by atoms with E-state index in [1.165, 1.54) is 26.4 Å². The summed E-state index contributed by atoms with van der Waals surface area (Å²) in [5.41, 5.74) is 1.78. The van der Waals surface area contributed by atoms with Gasteiger partial charge in [0, 0.05) is 54.1 Å². The Balaban J connectivity index is 0.967. The van der Waals surface area contributed by atoms with E-state index in [1.807, 2.05) is 24.3 Å². The van der Waals surface area contributed by atoms with Crippen molar-refractivity contribution in [3.05, 3.63) is 101 Å². The van der Waals surface area contributed by atoms with Crippen molar-refractivity contribution >= 4 is 38.0 Å². The lowest BCUT2D eigenvalue weighted by Crippen LogP contribution is -2.46. The van der Waals surface area contributed by atoms with Crippen LogP contribution in [-0.2, 0) is 11.5 Å². The van der Waals surface area contributed by atoms with E-state index in [1.54, 1.807) is 41.7 Å². The normalized spacial score (nSPS) is 14.8. The summed E-state index contributed by atoms with van der Waals surface area (Å²) in [7, 11) is 0. The van der Waals surface area contributed by atoms with Gasteiger partial charge in [-0.3, -0.25) is 19.0 Å². The lowest BCUT2D eigenvalue weighted by Gasteiger charge is -2.36. The summed E-state index contributed by atoms with van der Waals surface area (Å²) in [6, 6.07) is 26.7. The van der Waals surface area contributed by atoms with Crippen LogP contribution in [0.3, 0.4) is 0 Å². The highest BCUT2D eigenvalue weighted by molar-refractivity contribution is 7.17. The Morgan fingerprint density at radius 2 is 1.69 bits per heavy atom. The van der Waals surface area contributed by atoms with Gasteiger partial charge >= 0.3 is 6.48 Å². The van der Waals surface area contributed by atoms with Gasteiger partial charge in [-0.1, -0.05) is 24.3 Å². The predicted octanol–water partition coefficient (Wildman–Crippen LogP) is 5.53. The minimum Gasteiger partial charge on any atom is -0.494 e. The third-order valence-corrected chi connectivity index (χ3v) is 8.50. The molecule has 0 spiro atoms. The van der Waals surface area contributed by atoms with Crippen molar-refractivity contribution in [1.82, 2.24) is 9.47 Å². The molecule has 9 heteroatoms. The van der Waals surface area contributed by atoms with Gasteiger partial charge in [0.05, 0.1) is 12.1 Å². The van der Waals surface area contributed by atoms with Crippen LogP contribution in [0.2, 0.25) is 0 Å². The zero-order valence-corrected chi connectivity index (χ0v) is 24.2. The van der Waals surface area contributed by atoms with Gasteiger partial charge in [-0.2, -0.15) is 0 Å². The largest absolute Gasteiger partial charge is 0.494 e. The van der Waals surface area contributed by atoms with E-state index >= 15 is 0 Å². The van der Waals surface area contributed by atoms with Crippen LogP contribution < -0.4 is 19.9 Å². The van der Waals surface area contributed by atoms with Gasteiger partial charge in [0.2, 0.25) is 0 Å². The number of hydrogen-bond acceptors (Lipinski definition) is 8. The molecule has 1 unspecified atom stereocenters. The molecule has 1 atom stereocenters. The third-order valence-electron chi connectivity index (χ3n) is 7.61. The molecule has 1 aliphatic rings. The molecule has 1 N–H and O–H groups in total. The molecule has 8 nitrogen and oxygen atoms in total. The molecular formula is C33H35N3O5S. The van der Waals surface area contributed by atoms with E-state index < -0.39 is 6.48 Å². The predicted molar refractivity (Wildman–Crippen MR) is 168 cm³/mol. The van der Waals surface area contributed by atoms with Crippen LogP contribution in [0.5, 0.6) is 11.5 Å². The van der Waals surface area contributed by atoms with Gasteiger partial charge in [0.25, 0.3) is 5.56 Å². The van der Waals surface area contributed by atoms with Gasteiger partial charge in [-0.15, -0.1) is 11.3 Å². The number of nitrogens with zero attached hydrogens (tertiary/aromatic N) is 3. The van der Waals surface area contributed by atoms with Crippen LogP contribution in [0, 0.1) is 0 Å². The van der Waals surface area contributed by atoms with E-state index in [4.69, 9.17) is 14.2 Å². The van der Waals surface area contributed by atoms with Crippen LogP contribution in [-0.4, -0.2) is 60.4 Å². The van der Waals surface area contributed by atoms with E-state index in [0.717, 1.165) is 51.0 Å². The number of rotatable bonds is 12. The number of fused-ring (bicyclic) bond motifs is 2. The summed E-state index contributed by atoms with van der Waals surface area (Å²) in [4.78, 5) is 17.7. The van der Waals surface area contributed by atoms with Crippen LogP contribution in [0.15, 0.2) is 95.1 Å². The van der Waals surface area contributed by atoms with Crippen LogP contribution in [0.1, 0.15) is 12.8 Å². The van der Waals surface area contributed by atoms with Crippen LogP contribution in [0.4, 0.5) is 5.69 Å². The molecule has 5 aromatic rings. The van der Waals surface area contributed by atoms with Crippen molar-refractivity contribution in [3.8, 4) is 11.5 Å². The average Bonchev–Trinajstić information content (AvgIpc) is 3.51. The minimum atomic E-state index is -1.51. The number of aliphatic hydroxyl groups is 1. The number of hydrogen-bond donors (Lipinski definition) is 1. The second kappa shape index (κ2) is 13.4. The first-order chi connectivity index (χ1) is 20.6. The molecule has 0 saturated carbocycles. The van der Waals surface area contributed by atoms with Crippen molar-refractivity contribution < 1.29 is 19.3 Å². The Kier molecular flexibility index (Phi) is 9.00. The molecule has 0 aliphatic carbocycles. The fourth-order valence-corrected chi connectivity index (χ4v) is 6.18. The van der Waals surface area contributed by atoms with Crippen molar-refractivity contribution in [2.75, 3.05) is 44.2 Å². The number of aromatic nitrogens is 1. The van der Waals surface area contributed by atoms with Gasteiger partial charge in [-0.25, -0.2) is 0 Å². The molecule has 1 fully saturated rings. The molecule has 0 radical (unpaired) electrons. The number of unbranched alkanes of at least 4 members (excludes halogenated alkanes) is 1. The van der Waals surface area contributed by atoms with Gasteiger partial charge in [0.1, 0.15) is 18.2 Å². The SMILES string of the molecule is O=c1ccc2ccc(OCCCCN3CCN(c4cccc5sccc45)CC3)cc2n1COC(O)Oc1ccccc1. The Bertz CT molecular complexity index is 1660. The van der Waals surface area contributed by atoms with Crippen molar-refractivity contribution in [1.29, 1.82) is 0 Å². The number of pyridine rings is 1. The van der Waals surface area contributed by atoms with Gasteiger partial charge in [-0.05, 0) is 78.7 Å². The first-order valence-corrected chi connectivity index (χ1v) is 15.2. The van der Waals surface area contributed by atoms with Gasteiger partial charge in [0.15, 0.2) is 0 Å². The van der Waals surface area contributed by atoms with Gasteiger partial charge < -0.3 is 19.5 Å². The summed E-state index contributed by atoms with van der Waals surface area (Å²) < 4.78 is 19.6. The maximum Gasteiger partial charge on any atom is 0.315 e. The summed E-state index contributed by atoms with van der Waals surface area (Å²) >= 11 is 1.80. The van der Waals surface area contributed by atoms with Crippen molar-refractivity contribution in [2.45, 2.75) is 26.0 Å². The van der Waals surface area contributed by atoms with E-state index in [-0.39, 0.29) is 12.3 Å². The molecule has 3 aromatic carbocycles. The lowest BCUT2D eigenvalue weighted by molar-refractivity contribution is -0.233. The van der Waals surface area contributed by atoms with E-state index in [2.05, 4.69) is 39.4 Å². The number of aliphatic hydroxyl groups excluding tert-OH is 1. The highest BCUT2D eigenvalue weighted by Crippen LogP contribution is 2.31. The summed E-state index contributed by atoms with van der Waals surface area (Å²) in [6.07, 6.45) is 2.01. The highest BCUT2D eigenvalue weighted by Gasteiger charge is 2.18. The molecule has 1 saturated heterocycles. The number of anilines is 1. The average molecular weight is 586 g/mol. The summed E-state index contributed by atoms with van der Waals surface area (Å²) in [5.74, 6) is 1.17. The molecule has 1 aliphatic heterocycles. The number of piperazine rings is 1. The molecule has 0 bridgehead atoms. The van der Waals surface area contributed by atoms with Crippen LogP contribution in [0.25, 0.3) is 21.0 Å². The van der Waals surface area contributed by atoms with E-state index in [0.29, 0.717) is 23.6 Å². The minimum absolute atomic E-state index is 0.163. The highest BCUT2D eigenvalue weighted by atomic mass is 32.1. The molecule has 42 heavy (non-hydrogen) atoms. The zero-order valence-electron chi connectivity index (χ0n) is 23.4. The number of benzene rings is 3. The second-order valence-electron chi connectivity index (χ2n) is 10.3. The third kappa shape index (κ3) is 6.77.